The van der Waals surface area contributed by atoms with Gasteiger partial charge in [-0.3, -0.25) is 0 Å². The zero-order valence-corrected chi connectivity index (χ0v) is 9.43. The van der Waals surface area contributed by atoms with E-state index in [1.807, 2.05) is 12.5 Å². The molecule has 0 saturated heterocycles. The lowest BCUT2D eigenvalue weighted by Gasteiger charge is -2.22. The highest BCUT2D eigenvalue weighted by Gasteiger charge is 2.15. The fourth-order valence-electron chi connectivity index (χ4n) is 1.03. The Morgan fingerprint density at radius 2 is 2.25 bits per heavy atom. The summed E-state index contributed by atoms with van der Waals surface area (Å²) in [6.07, 6.45) is 5.06. The number of hydrogen-bond acceptors (Lipinski definition) is 1. The van der Waals surface area contributed by atoms with Crippen molar-refractivity contribution < 1.29 is 0 Å². The van der Waals surface area contributed by atoms with E-state index in [1.54, 1.807) is 0 Å². The molecule has 2 nitrogen and oxygen atoms in total. The van der Waals surface area contributed by atoms with Crippen LogP contribution in [0.4, 0.5) is 0 Å². The van der Waals surface area contributed by atoms with E-state index in [4.69, 9.17) is 0 Å². The van der Waals surface area contributed by atoms with E-state index in [1.165, 1.54) is 6.42 Å². The van der Waals surface area contributed by atoms with Crippen molar-refractivity contribution in [3.8, 4) is 0 Å². The standard InChI is InChI=1S/C9H15BrN2/c1-4-9(2,3)6-12-5-8(10)11-7-12/h5,7H,4,6H2,1-3H3. The number of nitrogens with zero attached hydrogens (tertiary/aromatic N) is 2. The highest BCUT2D eigenvalue weighted by molar-refractivity contribution is 9.10. The van der Waals surface area contributed by atoms with E-state index in [-0.39, 0.29) is 0 Å². The van der Waals surface area contributed by atoms with Gasteiger partial charge in [-0.2, -0.15) is 0 Å². The summed E-state index contributed by atoms with van der Waals surface area (Å²) in [5.74, 6) is 0. The molecule has 0 saturated carbocycles. The van der Waals surface area contributed by atoms with Crippen LogP contribution in [0.15, 0.2) is 17.1 Å². The van der Waals surface area contributed by atoms with Gasteiger partial charge in [0.05, 0.1) is 6.33 Å². The first kappa shape index (κ1) is 9.78. The molecule has 0 radical (unpaired) electrons. The average Bonchev–Trinajstić information content (AvgIpc) is 2.35. The molecule has 1 rings (SSSR count). The van der Waals surface area contributed by atoms with Gasteiger partial charge in [0.2, 0.25) is 0 Å². The van der Waals surface area contributed by atoms with Crippen molar-refractivity contribution in [3.63, 3.8) is 0 Å². The van der Waals surface area contributed by atoms with Crippen molar-refractivity contribution in [2.24, 2.45) is 5.41 Å². The quantitative estimate of drug-likeness (QED) is 0.781. The molecule has 1 aromatic rings. The molecule has 0 aromatic carbocycles. The van der Waals surface area contributed by atoms with Crippen molar-refractivity contribution >= 4 is 15.9 Å². The van der Waals surface area contributed by atoms with E-state index in [2.05, 4.69) is 46.3 Å². The SMILES string of the molecule is CCC(C)(C)Cn1cnc(Br)c1. The Morgan fingerprint density at radius 1 is 1.58 bits per heavy atom. The third-order valence-corrected chi connectivity index (χ3v) is 2.58. The van der Waals surface area contributed by atoms with Crippen LogP contribution in [0.5, 0.6) is 0 Å². The maximum atomic E-state index is 4.11. The maximum absolute atomic E-state index is 4.11. The lowest BCUT2D eigenvalue weighted by Crippen LogP contribution is -2.17. The van der Waals surface area contributed by atoms with Crippen LogP contribution in [0.25, 0.3) is 0 Å². The van der Waals surface area contributed by atoms with E-state index < -0.39 is 0 Å². The van der Waals surface area contributed by atoms with Gasteiger partial charge in [-0.1, -0.05) is 20.8 Å². The van der Waals surface area contributed by atoms with Gasteiger partial charge in [0.25, 0.3) is 0 Å². The maximum Gasteiger partial charge on any atom is 0.124 e. The predicted octanol–water partition coefficient (Wildman–Crippen LogP) is 3.08. The topological polar surface area (TPSA) is 17.8 Å². The summed E-state index contributed by atoms with van der Waals surface area (Å²) in [4.78, 5) is 4.11. The second-order valence-electron chi connectivity index (χ2n) is 3.89. The fraction of sp³-hybridized carbons (Fsp3) is 0.667. The normalized spacial score (nSPS) is 12.0. The minimum atomic E-state index is 0.361. The zero-order chi connectivity index (χ0) is 9.19. The molecule has 0 aliphatic heterocycles. The van der Waals surface area contributed by atoms with Crippen molar-refractivity contribution in [3.05, 3.63) is 17.1 Å². The molecule has 0 aliphatic rings. The lowest BCUT2D eigenvalue weighted by atomic mass is 9.90. The lowest BCUT2D eigenvalue weighted by molar-refractivity contribution is 0.294. The number of aromatic nitrogens is 2. The first-order valence-corrected chi connectivity index (χ1v) is 5.00. The Balaban J connectivity index is 2.63. The summed E-state index contributed by atoms with van der Waals surface area (Å²) in [6.45, 7) is 7.77. The molecule has 0 aliphatic carbocycles. The number of hydrogen-bond donors (Lipinski definition) is 0. The molecule has 1 aromatic heterocycles. The zero-order valence-electron chi connectivity index (χ0n) is 7.84. The first-order valence-electron chi connectivity index (χ1n) is 4.21. The Bertz CT molecular complexity index is 253. The van der Waals surface area contributed by atoms with Gasteiger partial charge in [0, 0.05) is 12.7 Å². The van der Waals surface area contributed by atoms with Gasteiger partial charge in [-0.05, 0) is 27.8 Å². The Labute approximate surface area is 82.1 Å². The van der Waals surface area contributed by atoms with Gasteiger partial charge in [0.1, 0.15) is 4.60 Å². The molecule has 0 N–H and O–H groups in total. The van der Waals surface area contributed by atoms with Crippen LogP contribution in [0.2, 0.25) is 0 Å². The molecule has 68 valence electrons. The third-order valence-electron chi connectivity index (χ3n) is 2.17. The van der Waals surface area contributed by atoms with Gasteiger partial charge in [-0.25, -0.2) is 4.98 Å². The summed E-state index contributed by atoms with van der Waals surface area (Å²) < 4.78 is 3.03. The molecular weight excluding hydrogens is 216 g/mol. The van der Waals surface area contributed by atoms with Crippen molar-refractivity contribution in [2.45, 2.75) is 33.7 Å². The van der Waals surface area contributed by atoms with Crippen LogP contribution in [-0.4, -0.2) is 9.55 Å². The number of imidazole rings is 1. The largest absolute Gasteiger partial charge is 0.336 e. The smallest absolute Gasteiger partial charge is 0.124 e. The second kappa shape index (κ2) is 3.60. The van der Waals surface area contributed by atoms with Crippen LogP contribution in [0.3, 0.4) is 0 Å². The van der Waals surface area contributed by atoms with Gasteiger partial charge >= 0.3 is 0 Å². The highest BCUT2D eigenvalue weighted by Crippen LogP contribution is 2.22. The summed E-state index contributed by atoms with van der Waals surface area (Å²) in [7, 11) is 0. The van der Waals surface area contributed by atoms with Crippen molar-refractivity contribution in [1.29, 1.82) is 0 Å². The summed E-state index contributed by atoms with van der Waals surface area (Å²) in [5, 5.41) is 0. The van der Waals surface area contributed by atoms with Crippen LogP contribution >= 0.6 is 15.9 Å². The molecular formula is C9H15BrN2. The van der Waals surface area contributed by atoms with Crippen molar-refractivity contribution in [1.82, 2.24) is 9.55 Å². The summed E-state index contributed by atoms with van der Waals surface area (Å²) in [6, 6.07) is 0. The molecule has 0 unspecified atom stereocenters. The Hall–Kier alpha value is -0.310. The first-order chi connectivity index (χ1) is 5.53. The molecule has 0 spiro atoms. The minimum absolute atomic E-state index is 0.361. The minimum Gasteiger partial charge on any atom is -0.336 e. The van der Waals surface area contributed by atoms with Gasteiger partial charge in [-0.15, -0.1) is 0 Å². The highest BCUT2D eigenvalue weighted by atomic mass is 79.9. The van der Waals surface area contributed by atoms with Crippen LogP contribution in [0, 0.1) is 5.41 Å². The summed E-state index contributed by atoms with van der Waals surface area (Å²) in [5.41, 5.74) is 0.361. The van der Waals surface area contributed by atoms with E-state index in [9.17, 15) is 0 Å². The van der Waals surface area contributed by atoms with E-state index in [0.717, 1.165) is 11.1 Å². The van der Waals surface area contributed by atoms with Crippen LogP contribution < -0.4 is 0 Å². The van der Waals surface area contributed by atoms with Crippen LogP contribution in [0.1, 0.15) is 27.2 Å². The Morgan fingerprint density at radius 3 is 2.67 bits per heavy atom. The van der Waals surface area contributed by atoms with Crippen molar-refractivity contribution in [2.75, 3.05) is 0 Å². The van der Waals surface area contributed by atoms with Gasteiger partial charge in [0.15, 0.2) is 0 Å². The number of halogens is 1. The molecule has 3 heteroatoms. The van der Waals surface area contributed by atoms with E-state index >= 15 is 0 Å². The van der Waals surface area contributed by atoms with Crippen LogP contribution in [-0.2, 0) is 6.54 Å². The summed E-state index contributed by atoms with van der Waals surface area (Å²) >= 11 is 3.33. The predicted molar refractivity (Wildman–Crippen MR) is 54.0 cm³/mol. The second-order valence-corrected chi connectivity index (χ2v) is 4.70. The number of rotatable bonds is 3. The molecule has 0 bridgehead atoms. The van der Waals surface area contributed by atoms with Gasteiger partial charge < -0.3 is 4.57 Å². The van der Waals surface area contributed by atoms with E-state index in [0.29, 0.717) is 5.41 Å². The molecule has 0 amide bonds. The fourth-order valence-corrected chi connectivity index (χ4v) is 1.38. The molecule has 0 fully saturated rings. The molecule has 12 heavy (non-hydrogen) atoms. The Kier molecular flexibility index (Phi) is 2.94. The average molecular weight is 231 g/mol. The third kappa shape index (κ3) is 2.63. The molecule has 0 atom stereocenters. The molecule has 1 heterocycles. The monoisotopic (exact) mass is 230 g/mol.